The number of imidazole rings is 1. The van der Waals surface area contributed by atoms with Crippen molar-refractivity contribution < 1.29 is 19.0 Å². The average Bonchev–Trinajstić information content (AvgIpc) is 3.41. The molecule has 3 aromatic heterocycles. The molecule has 0 amide bonds. The van der Waals surface area contributed by atoms with Crippen molar-refractivity contribution in [3.8, 4) is 45.7 Å². The molecule has 160 valence electrons. The Morgan fingerprint density at radius 3 is 2.68 bits per heavy atom. The number of hydrogen-bond donors (Lipinski definition) is 2. The number of ether oxygens (including phenoxy) is 2. The van der Waals surface area contributed by atoms with Crippen LogP contribution in [0.4, 0.5) is 0 Å². The van der Waals surface area contributed by atoms with Gasteiger partial charge in [0.25, 0.3) is 0 Å². The number of nitrogens with one attached hydrogen (secondary N) is 1. The minimum Gasteiger partial charge on any atom is -0.501 e. The number of benzene rings is 1. The molecule has 8 nitrogen and oxygen atoms in total. The SMILES string of the molecule is COCCn1cccc1-c1nc(-c2ccc(OC)cc2)c(-c2oc(C)cc(=O)c2O)[nH]1. The average molecular weight is 421 g/mol. The molecule has 4 rings (SSSR count). The Hall–Kier alpha value is -3.78. The standard InChI is InChI=1S/C23H23N3O5/c1-14-13-18(27)21(28)22(31-14)20-19(15-6-8-16(30-3)9-7-15)24-23(25-20)17-5-4-10-26(17)11-12-29-2/h4-10,13,28H,11-12H2,1-3H3,(H,24,25). The summed E-state index contributed by atoms with van der Waals surface area (Å²) in [4.78, 5) is 20.2. The van der Waals surface area contributed by atoms with E-state index >= 15 is 0 Å². The first-order chi connectivity index (χ1) is 15.0. The molecule has 0 aliphatic carbocycles. The molecule has 0 bridgehead atoms. The molecular formula is C23H23N3O5. The van der Waals surface area contributed by atoms with E-state index in [0.29, 0.717) is 41.9 Å². The highest BCUT2D eigenvalue weighted by Gasteiger charge is 2.22. The highest BCUT2D eigenvalue weighted by molar-refractivity contribution is 5.81. The van der Waals surface area contributed by atoms with Crippen molar-refractivity contribution >= 4 is 0 Å². The van der Waals surface area contributed by atoms with Gasteiger partial charge in [0.2, 0.25) is 11.2 Å². The molecule has 0 aliphatic rings. The lowest BCUT2D eigenvalue weighted by atomic mass is 10.1. The van der Waals surface area contributed by atoms with Crippen LogP contribution in [-0.4, -0.2) is 40.5 Å². The van der Waals surface area contributed by atoms with Gasteiger partial charge in [-0.15, -0.1) is 0 Å². The van der Waals surface area contributed by atoms with Crippen LogP contribution in [0.25, 0.3) is 34.2 Å². The lowest BCUT2D eigenvalue weighted by Gasteiger charge is -2.06. The Balaban J connectivity index is 1.91. The van der Waals surface area contributed by atoms with Gasteiger partial charge >= 0.3 is 0 Å². The van der Waals surface area contributed by atoms with Gasteiger partial charge < -0.3 is 28.5 Å². The third-order valence-electron chi connectivity index (χ3n) is 4.95. The van der Waals surface area contributed by atoms with E-state index in [-0.39, 0.29) is 5.76 Å². The van der Waals surface area contributed by atoms with Gasteiger partial charge in [0.15, 0.2) is 11.6 Å². The fraction of sp³-hybridized carbons (Fsp3) is 0.217. The monoisotopic (exact) mass is 421 g/mol. The highest BCUT2D eigenvalue weighted by atomic mass is 16.5. The third kappa shape index (κ3) is 3.97. The number of aromatic amines is 1. The quantitative estimate of drug-likeness (QED) is 0.470. The van der Waals surface area contributed by atoms with Crippen molar-refractivity contribution in [3.05, 3.63) is 64.6 Å². The molecule has 0 saturated carbocycles. The highest BCUT2D eigenvalue weighted by Crippen LogP contribution is 2.37. The van der Waals surface area contributed by atoms with E-state index in [0.717, 1.165) is 11.3 Å². The number of nitrogens with zero attached hydrogens (tertiary/aromatic N) is 2. The number of methoxy groups -OCH3 is 2. The first kappa shape index (κ1) is 20.5. The zero-order valence-corrected chi connectivity index (χ0v) is 17.5. The van der Waals surface area contributed by atoms with Gasteiger partial charge in [0, 0.05) is 31.5 Å². The van der Waals surface area contributed by atoms with Gasteiger partial charge in [-0.3, -0.25) is 4.79 Å². The molecule has 0 unspecified atom stereocenters. The van der Waals surface area contributed by atoms with Crippen LogP contribution in [0, 0.1) is 6.92 Å². The molecule has 0 aliphatic heterocycles. The number of hydrogen-bond acceptors (Lipinski definition) is 6. The Kier molecular flexibility index (Phi) is 5.64. The van der Waals surface area contributed by atoms with Gasteiger partial charge in [0.1, 0.15) is 22.9 Å². The summed E-state index contributed by atoms with van der Waals surface area (Å²) < 4.78 is 18.2. The van der Waals surface area contributed by atoms with E-state index in [1.165, 1.54) is 6.07 Å². The van der Waals surface area contributed by atoms with E-state index in [9.17, 15) is 9.90 Å². The molecule has 0 atom stereocenters. The van der Waals surface area contributed by atoms with Crippen molar-refractivity contribution in [1.29, 1.82) is 0 Å². The summed E-state index contributed by atoms with van der Waals surface area (Å²) in [5.74, 6) is 1.25. The van der Waals surface area contributed by atoms with Crippen LogP contribution in [0.15, 0.2) is 57.9 Å². The molecule has 2 N–H and O–H groups in total. The predicted molar refractivity (Wildman–Crippen MR) is 116 cm³/mol. The van der Waals surface area contributed by atoms with Crippen LogP contribution in [0.1, 0.15) is 5.76 Å². The minimum atomic E-state index is -0.515. The predicted octanol–water partition coefficient (Wildman–Crippen LogP) is 3.83. The third-order valence-corrected chi connectivity index (χ3v) is 4.95. The molecule has 0 saturated heterocycles. The molecule has 31 heavy (non-hydrogen) atoms. The first-order valence-electron chi connectivity index (χ1n) is 9.74. The number of aryl methyl sites for hydroxylation is 1. The Morgan fingerprint density at radius 2 is 1.97 bits per heavy atom. The molecule has 0 spiro atoms. The van der Waals surface area contributed by atoms with E-state index < -0.39 is 11.2 Å². The fourth-order valence-corrected chi connectivity index (χ4v) is 3.40. The number of aromatic nitrogens is 3. The second-order valence-electron chi connectivity index (χ2n) is 7.02. The lowest BCUT2D eigenvalue weighted by molar-refractivity contribution is 0.187. The Bertz CT molecular complexity index is 1250. The van der Waals surface area contributed by atoms with Gasteiger partial charge in [-0.1, -0.05) is 0 Å². The molecular weight excluding hydrogens is 398 g/mol. The summed E-state index contributed by atoms with van der Waals surface area (Å²) in [5.41, 5.74) is 2.06. The van der Waals surface area contributed by atoms with Gasteiger partial charge in [-0.05, 0) is 43.3 Å². The van der Waals surface area contributed by atoms with Crippen LogP contribution in [0.5, 0.6) is 11.5 Å². The fourth-order valence-electron chi connectivity index (χ4n) is 3.40. The van der Waals surface area contributed by atoms with Crippen molar-refractivity contribution in [1.82, 2.24) is 14.5 Å². The lowest BCUT2D eigenvalue weighted by Crippen LogP contribution is -2.04. The summed E-state index contributed by atoms with van der Waals surface area (Å²) in [6.07, 6.45) is 1.94. The Labute approximate surface area is 178 Å². The van der Waals surface area contributed by atoms with Gasteiger partial charge in [0.05, 0.1) is 19.4 Å². The van der Waals surface area contributed by atoms with Crippen LogP contribution < -0.4 is 10.2 Å². The maximum atomic E-state index is 12.2. The maximum Gasteiger partial charge on any atom is 0.227 e. The van der Waals surface area contributed by atoms with E-state index in [2.05, 4.69) is 4.98 Å². The Morgan fingerprint density at radius 1 is 1.19 bits per heavy atom. The van der Waals surface area contributed by atoms with Gasteiger partial charge in [-0.2, -0.15) is 0 Å². The first-order valence-corrected chi connectivity index (χ1v) is 9.74. The zero-order valence-electron chi connectivity index (χ0n) is 17.5. The van der Waals surface area contributed by atoms with Crippen LogP contribution in [0.2, 0.25) is 0 Å². The maximum absolute atomic E-state index is 12.2. The molecule has 4 aromatic rings. The smallest absolute Gasteiger partial charge is 0.227 e. The van der Waals surface area contributed by atoms with E-state index in [1.54, 1.807) is 21.1 Å². The summed E-state index contributed by atoms with van der Waals surface area (Å²) in [5, 5.41) is 10.4. The van der Waals surface area contributed by atoms with Crippen LogP contribution in [0.3, 0.4) is 0 Å². The normalized spacial score (nSPS) is 11.1. The summed E-state index contributed by atoms with van der Waals surface area (Å²) in [6.45, 7) is 2.86. The topological polar surface area (TPSA) is 103 Å². The van der Waals surface area contributed by atoms with Crippen molar-refractivity contribution in [3.63, 3.8) is 0 Å². The molecule has 0 fully saturated rings. The van der Waals surface area contributed by atoms with Crippen LogP contribution in [-0.2, 0) is 11.3 Å². The molecule has 3 heterocycles. The largest absolute Gasteiger partial charge is 0.501 e. The molecule has 8 heteroatoms. The second kappa shape index (κ2) is 8.53. The van der Waals surface area contributed by atoms with Crippen molar-refractivity contribution in [2.24, 2.45) is 0 Å². The second-order valence-corrected chi connectivity index (χ2v) is 7.02. The zero-order chi connectivity index (χ0) is 22.0. The summed E-state index contributed by atoms with van der Waals surface area (Å²) in [7, 11) is 3.25. The van der Waals surface area contributed by atoms with Crippen LogP contribution >= 0.6 is 0 Å². The number of rotatable bonds is 7. The van der Waals surface area contributed by atoms with Crippen molar-refractivity contribution in [2.45, 2.75) is 13.5 Å². The van der Waals surface area contributed by atoms with E-state index in [4.69, 9.17) is 18.9 Å². The van der Waals surface area contributed by atoms with Crippen molar-refractivity contribution in [2.75, 3.05) is 20.8 Å². The number of aromatic hydroxyl groups is 1. The minimum absolute atomic E-state index is 0.0459. The molecule has 1 aromatic carbocycles. The number of H-pyrrole nitrogens is 1. The van der Waals surface area contributed by atoms with Gasteiger partial charge in [-0.25, -0.2) is 4.98 Å². The summed E-state index contributed by atoms with van der Waals surface area (Å²) >= 11 is 0. The molecule has 0 radical (unpaired) electrons. The summed E-state index contributed by atoms with van der Waals surface area (Å²) in [6, 6.07) is 12.5. The van der Waals surface area contributed by atoms with E-state index in [1.807, 2.05) is 47.2 Å².